The molecule has 1 fully saturated rings. The molecule has 2 atom stereocenters. The van der Waals surface area contributed by atoms with Gasteiger partial charge in [-0.1, -0.05) is 18.2 Å². The molecule has 1 N–H and O–H groups in total. The zero-order valence-electron chi connectivity index (χ0n) is 21.3. The number of rotatable bonds is 9. The first-order valence-electron chi connectivity index (χ1n) is 11.9. The van der Waals surface area contributed by atoms with Gasteiger partial charge in [-0.25, -0.2) is 23.0 Å². The van der Waals surface area contributed by atoms with Crippen molar-refractivity contribution in [2.75, 3.05) is 20.6 Å². The van der Waals surface area contributed by atoms with Gasteiger partial charge in [0.15, 0.2) is 5.03 Å². The van der Waals surface area contributed by atoms with Crippen LogP contribution in [0.5, 0.6) is 5.75 Å². The summed E-state index contributed by atoms with van der Waals surface area (Å²) in [5.74, 6) is -0.892. The molecule has 0 saturated carbocycles. The minimum absolute atomic E-state index is 0.0961. The van der Waals surface area contributed by atoms with Crippen molar-refractivity contribution in [3.8, 4) is 5.75 Å². The van der Waals surface area contributed by atoms with Crippen LogP contribution in [-0.4, -0.2) is 79.4 Å². The van der Waals surface area contributed by atoms with Gasteiger partial charge >= 0.3 is 12.1 Å². The Morgan fingerprint density at radius 3 is 2.43 bits per heavy atom. The first kappa shape index (κ1) is 28.1. The molecule has 0 bridgehead atoms. The van der Waals surface area contributed by atoms with Gasteiger partial charge in [0.05, 0.1) is 6.10 Å². The number of benzene rings is 1. The molecule has 1 aliphatic rings. The Bertz CT molecular complexity index is 1200. The summed E-state index contributed by atoms with van der Waals surface area (Å²) in [5.41, 5.74) is 0.681. The Morgan fingerprint density at radius 2 is 1.84 bits per heavy atom. The van der Waals surface area contributed by atoms with Crippen molar-refractivity contribution in [2.24, 2.45) is 0 Å². The standard InChI is InChI=1S/C25H32N4O7S/c1-17(2)35-24(31)20(16-18-10-12-19(13-11-18)36-25(32)28(3)4)27-23(30)21-8-7-15-29(21)37(33,34)22-9-5-6-14-26-22/h5-6,9-14,17,20-21H,7-8,15-16H2,1-4H3,(H,27,30)/t20-,21-/m0/s1. The Labute approximate surface area is 216 Å². The summed E-state index contributed by atoms with van der Waals surface area (Å²) in [6, 6.07) is 9.04. The summed E-state index contributed by atoms with van der Waals surface area (Å²) in [6.45, 7) is 3.57. The lowest BCUT2D eigenvalue weighted by molar-refractivity contribution is -0.151. The number of amides is 2. The molecule has 1 aromatic carbocycles. The maximum absolute atomic E-state index is 13.3. The summed E-state index contributed by atoms with van der Waals surface area (Å²) >= 11 is 0. The highest BCUT2D eigenvalue weighted by Gasteiger charge is 2.41. The van der Waals surface area contributed by atoms with E-state index in [1.807, 2.05) is 0 Å². The molecule has 3 rings (SSSR count). The molecule has 0 unspecified atom stereocenters. The maximum Gasteiger partial charge on any atom is 0.414 e. The number of sulfonamides is 1. The molecule has 1 aliphatic heterocycles. The lowest BCUT2D eigenvalue weighted by Gasteiger charge is -2.25. The number of pyridine rings is 1. The first-order valence-corrected chi connectivity index (χ1v) is 13.3. The Balaban J connectivity index is 1.76. The third-order valence-electron chi connectivity index (χ3n) is 5.60. The Morgan fingerprint density at radius 1 is 1.14 bits per heavy atom. The Kier molecular flexibility index (Phi) is 9.22. The molecule has 37 heavy (non-hydrogen) atoms. The molecule has 1 aromatic heterocycles. The van der Waals surface area contributed by atoms with Crippen LogP contribution in [0.15, 0.2) is 53.7 Å². The first-order chi connectivity index (χ1) is 17.5. The average molecular weight is 533 g/mol. The third kappa shape index (κ3) is 7.26. The molecule has 0 radical (unpaired) electrons. The number of carbonyl (C=O) groups excluding carboxylic acids is 3. The lowest BCUT2D eigenvalue weighted by atomic mass is 10.0. The van der Waals surface area contributed by atoms with E-state index in [0.717, 1.165) is 4.31 Å². The van der Waals surface area contributed by atoms with Gasteiger partial charge in [0.2, 0.25) is 5.91 Å². The number of carbonyl (C=O) groups is 3. The van der Waals surface area contributed by atoms with Crippen molar-refractivity contribution in [3.63, 3.8) is 0 Å². The monoisotopic (exact) mass is 532 g/mol. The molecule has 2 heterocycles. The molecular formula is C25H32N4O7S. The second-order valence-corrected chi connectivity index (χ2v) is 10.9. The van der Waals surface area contributed by atoms with Gasteiger partial charge in [-0.05, 0) is 56.5 Å². The summed E-state index contributed by atoms with van der Waals surface area (Å²) < 4.78 is 37.9. The van der Waals surface area contributed by atoms with E-state index in [0.29, 0.717) is 24.2 Å². The minimum atomic E-state index is -3.99. The molecule has 0 spiro atoms. The number of nitrogens with zero attached hydrogens (tertiary/aromatic N) is 3. The van der Waals surface area contributed by atoms with Crippen molar-refractivity contribution in [1.82, 2.24) is 19.5 Å². The molecule has 2 amide bonds. The van der Waals surface area contributed by atoms with Crippen molar-refractivity contribution in [3.05, 3.63) is 54.2 Å². The second kappa shape index (κ2) is 12.2. The minimum Gasteiger partial charge on any atom is -0.461 e. The fraction of sp³-hybridized carbons (Fsp3) is 0.440. The average Bonchev–Trinajstić information content (AvgIpc) is 3.36. The van der Waals surface area contributed by atoms with Crippen LogP contribution in [0, 0.1) is 0 Å². The maximum atomic E-state index is 13.3. The van der Waals surface area contributed by atoms with E-state index in [-0.39, 0.29) is 18.0 Å². The molecular weight excluding hydrogens is 500 g/mol. The molecule has 12 heteroatoms. The lowest BCUT2D eigenvalue weighted by Crippen LogP contribution is -2.52. The summed E-state index contributed by atoms with van der Waals surface area (Å²) in [4.78, 5) is 43.1. The number of hydrogen-bond donors (Lipinski definition) is 1. The van der Waals surface area contributed by atoms with E-state index in [9.17, 15) is 22.8 Å². The quantitative estimate of drug-likeness (QED) is 0.485. The van der Waals surface area contributed by atoms with E-state index < -0.39 is 46.2 Å². The molecule has 2 aromatic rings. The fourth-order valence-corrected chi connectivity index (χ4v) is 5.40. The highest BCUT2D eigenvalue weighted by molar-refractivity contribution is 7.89. The highest BCUT2D eigenvalue weighted by Crippen LogP contribution is 2.25. The molecule has 0 aliphatic carbocycles. The highest BCUT2D eigenvalue weighted by atomic mass is 32.2. The van der Waals surface area contributed by atoms with Gasteiger partial charge in [-0.2, -0.15) is 4.31 Å². The predicted molar refractivity (Wildman–Crippen MR) is 134 cm³/mol. The van der Waals surface area contributed by atoms with Gasteiger partial charge in [-0.3, -0.25) is 4.79 Å². The topological polar surface area (TPSA) is 135 Å². The van der Waals surface area contributed by atoms with Crippen LogP contribution in [0.2, 0.25) is 0 Å². The van der Waals surface area contributed by atoms with E-state index in [2.05, 4.69) is 10.3 Å². The number of ether oxygens (including phenoxy) is 2. The zero-order chi connectivity index (χ0) is 27.2. The number of hydrogen-bond acceptors (Lipinski definition) is 8. The van der Waals surface area contributed by atoms with Crippen LogP contribution in [0.25, 0.3) is 0 Å². The fourth-order valence-electron chi connectivity index (χ4n) is 3.81. The van der Waals surface area contributed by atoms with Gasteiger partial charge in [0, 0.05) is 33.3 Å². The largest absolute Gasteiger partial charge is 0.461 e. The normalized spacial score (nSPS) is 16.7. The summed E-state index contributed by atoms with van der Waals surface area (Å²) in [7, 11) is -0.854. The number of esters is 1. The van der Waals surface area contributed by atoms with Crippen molar-refractivity contribution in [1.29, 1.82) is 0 Å². The third-order valence-corrected chi connectivity index (χ3v) is 7.43. The Hall–Kier alpha value is -3.51. The SMILES string of the molecule is CC(C)OC(=O)[C@H](Cc1ccc(OC(=O)N(C)C)cc1)NC(=O)[C@@H]1CCCN1S(=O)(=O)c1ccccn1. The van der Waals surface area contributed by atoms with Crippen LogP contribution in [0.3, 0.4) is 0 Å². The van der Waals surface area contributed by atoms with E-state index in [1.54, 1.807) is 64.3 Å². The zero-order valence-corrected chi connectivity index (χ0v) is 22.1. The summed E-state index contributed by atoms with van der Waals surface area (Å²) in [6.07, 6.45) is 1.35. The number of nitrogens with one attached hydrogen (secondary N) is 1. The van der Waals surface area contributed by atoms with Crippen LogP contribution in [0.4, 0.5) is 4.79 Å². The van der Waals surface area contributed by atoms with Crippen LogP contribution < -0.4 is 10.1 Å². The van der Waals surface area contributed by atoms with Gasteiger partial charge in [-0.15, -0.1) is 0 Å². The van der Waals surface area contributed by atoms with Gasteiger partial charge < -0.3 is 19.7 Å². The molecule has 1 saturated heterocycles. The van der Waals surface area contributed by atoms with Gasteiger partial charge in [0.1, 0.15) is 17.8 Å². The summed E-state index contributed by atoms with van der Waals surface area (Å²) in [5, 5.41) is 2.56. The van der Waals surface area contributed by atoms with Crippen molar-refractivity contribution < 1.29 is 32.3 Å². The van der Waals surface area contributed by atoms with Gasteiger partial charge in [0.25, 0.3) is 10.0 Å². The van der Waals surface area contributed by atoms with E-state index in [4.69, 9.17) is 9.47 Å². The van der Waals surface area contributed by atoms with Crippen molar-refractivity contribution in [2.45, 2.75) is 56.3 Å². The molecule has 11 nitrogen and oxygen atoms in total. The van der Waals surface area contributed by atoms with Crippen LogP contribution >= 0.6 is 0 Å². The second-order valence-electron chi connectivity index (χ2n) is 9.10. The molecule has 200 valence electrons. The number of aromatic nitrogens is 1. The van der Waals surface area contributed by atoms with Crippen molar-refractivity contribution >= 4 is 28.0 Å². The van der Waals surface area contributed by atoms with E-state index in [1.165, 1.54) is 17.2 Å². The predicted octanol–water partition coefficient (Wildman–Crippen LogP) is 1.97. The smallest absolute Gasteiger partial charge is 0.414 e. The van der Waals surface area contributed by atoms with Crippen LogP contribution in [-0.2, 0) is 30.8 Å². The van der Waals surface area contributed by atoms with Crippen LogP contribution in [0.1, 0.15) is 32.3 Å². The van der Waals surface area contributed by atoms with E-state index >= 15 is 0 Å².